The highest BCUT2D eigenvalue weighted by Gasteiger charge is 2.24. The van der Waals surface area contributed by atoms with Crippen LogP contribution in [0.3, 0.4) is 0 Å². The van der Waals surface area contributed by atoms with Gasteiger partial charge in [-0.25, -0.2) is 0 Å². The smallest absolute Gasteiger partial charge is 0.256 e. The minimum absolute atomic E-state index is 0.0388. The van der Waals surface area contributed by atoms with E-state index in [1.807, 2.05) is 17.0 Å². The van der Waals surface area contributed by atoms with Gasteiger partial charge in [0.1, 0.15) is 5.75 Å². The van der Waals surface area contributed by atoms with Crippen LogP contribution in [-0.4, -0.2) is 44.1 Å². The molecule has 1 saturated heterocycles. The molecule has 27 heavy (non-hydrogen) atoms. The average Bonchev–Trinajstić information content (AvgIpc) is 3.14. The van der Waals surface area contributed by atoms with E-state index >= 15 is 0 Å². The quantitative estimate of drug-likeness (QED) is 0.650. The molecule has 0 unspecified atom stereocenters. The lowest BCUT2D eigenvalue weighted by molar-refractivity contribution is 0.0742. The molecule has 0 bridgehead atoms. The molecule has 1 heterocycles. The molecule has 1 amide bonds. The van der Waals surface area contributed by atoms with E-state index in [1.165, 1.54) is 12.8 Å². The third-order valence-electron chi connectivity index (χ3n) is 5.27. The van der Waals surface area contributed by atoms with Crippen LogP contribution in [0.4, 0.5) is 11.4 Å². The van der Waals surface area contributed by atoms with Gasteiger partial charge in [0.25, 0.3) is 5.91 Å². The lowest BCUT2D eigenvalue weighted by Gasteiger charge is -2.27. The van der Waals surface area contributed by atoms with Crippen LogP contribution in [0.5, 0.6) is 5.75 Å². The predicted octanol–water partition coefficient (Wildman–Crippen LogP) is 4.41. The number of benzene rings is 1. The Morgan fingerprint density at radius 3 is 2.15 bits per heavy atom. The first-order valence-electron chi connectivity index (χ1n) is 10.3. The molecule has 0 spiro atoms. The highest BCUT2D eigenvalue weighted by Crippen LogP contribution is 2.35. The number of nitrogens with zero attached hydrogens (tertiary/aromatic N) is 2. The van der Waals surface area contributed by atoms with Gasteiger partial charge in [-0.05, 0) is 43.6 Å². The Morgan fingerprint density at radius 2 is 1.67 bits per heavy atom. The fourth-order valence-electron chi connectivity index (χ4n) is 3.45. The molecule has 0 aromatic heterocycles. The minimum Gasteiger partial charge on any atom is -0.495 e. The summed E-state index contributed by atoms with van der Waals surface area (Å²) in [7, 11) is 1.66. The van der Waals surface area contributed by atoms with E-state index in [0.717, 1.165) is 50.5 Å². The largest absolute Gasteiger partial charge is 0.495 e. The highest BCUT2D eigenvalue weighted by molar-refractivity contribution is 6.01. The average molecular weight is 376 g/mol. The summed E-state index contributed by atoms with van der Waals surface area (Å²) in [6.45, 7) is 12.3. The molecule has 1 fully saturated rings. The van der Waals surface area contributed by atoms with Crippen molar-refractivity contribution in [1.82, 2.24) is 4.90 Å². The summed E-state index contributed by atoms with van der Waals surface area (Å²) in [6, 6.07) is 3.75. The molecular formula is C22H37N3O2. The molecule has 2 rings (SSSR count). The number of methoxy groups -OCH3 is 1. The molecule has 0 radical (unpaired) electrons. The maximum Gasteiger partial charge on any atom is 0.256 e. The number of anilines is 2. The van der Waals surface area contributed by atoms with Gasteiger partial charge < -0.3 is 20.3 Å². The van der Waals surface area contributed by atoms with Gasteiger partial charge in [0.2, 0.25) is 0 Å². The fourth-order valence-corrected chi connectivity index (χ4v) is 3.45. The van der Waals surface area contributed by atoms with Gasteiger partial charge in [-0.15, -0.1) is 0 Å². The fraction of sp³-hybridized carbons (Fsp3) is 0.682. The lowest BCUT2D eigenvalue weighted by Crippen LogP contribution is -2.34. The second kappa shape index (κ2) is 9.86. The van der Waals surface area contributed by atoms with Crippen LogP contribution in [0, 0.1) is 11.8 Å². The number of amides is 1. The Kier molecular flexibility index (Phi) is 7.81. The zero-order valence-corrected chi connectivity index (χ0v) is 17.8. The Hall–Kier alpha value is -1.91. The zero-order valence-electron chi connectivity index (χ0n) is 17.8. The van der Waals surface area contributed by atoms with Gasteiger partial charge in [-0.1, -0.05) is 27.7 Å². The van der Waals surface area contributed by atoms with E-state index in [0.29, 0.717) is 23.1 Å². The van der Waals surface area contributed by atoms with E-state index in [4.69, 9.17) is 10.5 Å². The number of nitrogens with two attached hydrogens (primary N) is 1. The third kappa shape index (κ3) is 5.78. The second-order valence-electron chi connectivity index (χ2n) is 8.46. The van der Waals surface area contributed by atoms with Crippen LogP contribution in [0.15, 0.2) is 12.1 Å². The maximum absolute atomic E-state index is 13.3. The van der Waals surface area contributed by atoms with E-state index in [2.05, 4.69) is 32.6 Å². The van der Waals surface area contributed by atoms with Crippen molar-refractivity contribution in [3.63, 3.8) is 0 Å². The number of rotatable bonds is 9. The van der Waals surface area contributed by atoms with Crippen molar-refractivity contribution in [2.45, 2.75) is 53.4 Å². The van der Waals surface area contributed by atoms with Crippen molar-refractivity contribution in [1.29, 1.82) is 0 Å². The van der Waals surface area contributed by atoms with Crippen LogP contribution in [0.25, 0.3) is 0 Å². The van der Waals surface area contributed by atoms with Crippen LogP contribution >= 0.6 is 0 Å². The summed E-state index contributed by atoms with van der Waals surface area (Å²) in [5.74, 6) is 1.92. The standard InChI is InChI=1S/C22H37N3O2/c1-16(2)8-12-25(13-9-17(3)4)22(26)18-14-20(24-10-6-7-11-24)21(27-5)15-19(18)23/h14-17H,6-13,23H2,1-5H3. The normalized spacial score (nSPS) is 14.3. The monoisotopic (exact) mass is 375 g/mol. The molecular weight excluding hydrogens is 338 g/mol. The van der Waals surface area contributed by atoms with E-state index in [-0.39, 0.29) is 5.91 Å². The minimum atomic E-state index is 0.0388. The topological polar surface area (TPSA) is 58.8 Å². The van der Waals surface area contributed by atoms with Crippen LogP contribution < -0.4 is 15.4 Å². The van der Waals surface area contributed by atoms with Crippen molar-refractivity contribution in [2.75, 3.05) is 43.9 Å². The number of hydrogen-bond donors (Lipinski definition) is 1. The Morgan fingerprint density at radius 1 is 1.11 bits per heavy atom. The highest BCUT2D eigenvalue weighted by atomic mass is 16.5. The first-order valence-corrected chi connectivity index (χ1v) is 10.3. The van der Waals surface area contributed by atoms with Gasteiger partial charge >= 0.3 is 0 Å². The van der Waals surface area contributed by atoms with Crippen molar-refractivity contribution in [3.05, 3.63) is 17.7 Å². The van der Waals surface area contributed by atoms with Gasteiger partial charge in [0.15, 0.2) is 0 Å². The van der Waals surface area contributed by atoms with E-state index in [9.17, 15) is 4.79 Å². The van der Waals surface area contributed by atoms with Crippen LogP contribution in [0.2, 0.25) is 0 Å². The molecule has 0 aliphatic carbocycles. The predicted molar refractivity (Wildman–Crippen MR) is 114 cm³/mol. The van der Waals surface area contributed by atoms with E-state index < -0.39 is 0 Å². The molecule has 1 aromatic rings. The molecule has 0 saturated carbocycles. The van der Waals surface area contributed by atoms with Gasteiger partial charge in [-0.3, -0.25) is 4.79 Å². The summed E-state index contributed by atoms with van der Waals surface area (Å²) in [5, 5.41) is 0. The number of carbonyl (C=O) groups excluding carboxylic acids is 1. The molecule has 1 aliphatic heterocycles. The molecule has 2 N–H and O–H groups in total. The SMILES string of the molecule is COc1cc(N)c(C(=O)N(CCC(C)C)CCC(C)C)cc1N1CCCC1. The molecule has 5 heteroatoms. The van der Waals surface area contributed by atoms with E-state index in [1.54, 1.807) is 7.11 Å². The second-order valence-corrected chi connectivity index (χ2v) is 8.46. The molecule has 5 nitrogen and oxygen atoms in total. The summed E-state index contributed by atoms with van der Waals surface area (Å²) in [4.78, 5) is 17.6. The number of hydrogen-bond acceptors (Lipinski definition) is 4. The van der Waals surface area contributed by atoms with Crippen molar-refractivity contribution >= 4 is 17.3 Å². The lowest BCUT2D eigenvalue weighted by atomic mass is 10.1. The number of carbonyl (C=O) groups is 1. The van der Waals surface area contributed by atoms with Crippen molar-refractivity contribution in [2.24, 2.45) is 11.8 Å². The summed E-state index contributed by atoms with van der Waals surface area (Å²) in [6.07, 6.45) is 4.34. The Balaban J connectivity index is 2.30. The number of nitrogen functional groups attached to an aromatic ring is 1. The molecule has 0 atom stereocenters. The molecule has 1 aliphatic rings. The first-order chi connectivity index (χ1) is 12.8. The van der Waals surface area contributed by atoms with Gasteiger partial charge in [0.05, 0.1) is 18.4 Å². The Bertz CT molecular complexity index is 610. The maximum atomic E-state index is 13.3. The zero-order chi connectivity index (χ0) is 20.0. The van der Waals surface area contributed by atoms with Crippen molar-refractivity contribution < 1.29 is 9.53 Å². The van der Waals surface area contributed by atoms with Crippen LogP contribution in [0.1, 0.15) is 63.7 Å². The molecule has 152 valence electrons. The number of ether oxygens (including phenoxy) is 1. The van der Waals surface area contributed by atoms with Gasteiger partial charge in [-0.2, -0.15) is 0 Å². The summed E-state index contributed by atoms with van der Waals surface area (Å²) < 4.78 is 5.55. The van der Waals surface area contributed by atoms with Crippen LogP contribution in [-0.2, 0) is 0 Å². The molecule has 1 aromatic carbocycles. The van der Waals surface area contributed by atoms with Gasteiger partial charge in [0, 0.05) is 37.9 Å². The third-order valence-corrected chi connectivity index (χ3v) is 5.27. The summed E-state index contributed by atoms with van der Waals surface area (Å²) in [5.41, 5.74) is 8.36. The van der Waals surface area contributed by atoms with Crippen molar-refractivity contribution in [3.8, 4) is 5.75 Å². The summed E-state index contributed by atoms with van der Waals surface area (Å²) >= 11 is 0. The first kappa shape index (κ1) is 21.4. The Labute approximate surface area is 164 Å².